The molecule has 0 aliphatic carbocycles. The van der Waals surface area contributed by atoms with Crippen LogP contribution >= 0.6 is 22.6 Å². The SMILES string of the molecule is NC1N=[N+]([O-])c2cc3c(cc2N1)OCC3.O=CCCc1nc2cc3c(cc2[n+]([O-])n1)CCO3.[O-][n+]1nc(CCCN2CCOCC2)[n+]([O-])c2cc3c(cc21)CCO3.[O-][n+]1nc(CCCN2CCOCC2)nc2cc3c(cc21)CCO3.[O-][n+]1nc(I)nc2cc3c(cc21)CCO3. The summed E-state index contributed by atoms with van der Waals surface area (Å²) in [6, 6.07) is 17.8. The molecule has 5 aromatic carbocycles. The van der Waals surface area contributed by atoms with Crippen LogP contribution in [0.4, 0.5) is 11.4 Å². The normalized spacial score (nSPS) is 17.1. The van der Waals surface area contributed by atoms with Crippen molar-refractivity contribution in [3.63, 3.8) is 0 Å². The Kier molecular flexibility index (Phi) is 19.7. The van der Waals surface area contributed by atoms with Crippen LogP contribution in [0.25, 0.3) is 44.1 Å². The molecule has 33 heteroatoms. The second-order valence-electron chi connectivity index (χ2n) is 23.2. The van der Waals surface area contributed by atoms with E-state index in [1.54, 1.807) is 48.5 Å². The number of carbonyl (C=O) groups excluding carboxylic acids is 1. The molecule has 12 heterocycles. The van der Waals surface area contributed by atoms with Gasteiger partial charge in [-0.05, 0) is 45.3 Å². The van der Waals surface area contributed by atoms with Crippen molar-refractivity contribution in [3.05, 3.63) is 141 Å². The summed E-state index contributed by atoms with van der Waals surface area (Å²) >= 11 is 1.92. The lowest BCUT2D eigenvalue weighted by Crippen LogP contribution is -2.45. The van der Waals surface area contributed by atoms with E-state index in [2.05, 4.69) is 55.6 Å². The van der Waals surface area contributed by atoms with E-state index in [1.807, 2.05) is 34.7 Å². The third kappa shape index (κ3) is 14.9. The zero-order chi connectivity index (χ0) is 65.5. The van der Waals surface area contributed by atoms with Gasteiger partial charge in [-0.25, -0.2) is 19.7 Å². The number of halogens is 1. The Bertz CT molecular complexity index is 4390. The van der Waals surface area contributed by atoms with E-state index in [9.17, 15) is 36.0 Å². The minimum absolute atomic E-state index is 0.253. The maximum Gasteiger partial charge on any atom is 0.377 e. The molecule has 1 atom stereocenters. The number of fused-ring (bicyclic) bond motifs is 10. The zero-order valence-electron chi connectivity index (χ0n) is 51.6. The maximum absolute atomic E-state index is 12.6. The molecule has 2 fully saturated rings. The monoisotopic (exact) mass is 1410 g/mol. The van der Waals surface area contributed by atoms with E-state index in [0.29, 0.717) is 160 Å². The highest BCUT2D eigenvalue weighted by atomic mass is 127. The first-order chi connectivity index (χ1) is 46.3. The summed E-state index contributed by atoms with van der Waals surface area (Å²) in [5.41, 5.74) is 15.7. The van der Waals surface area contributed by atoms with Gasteiger partial charge in [-0.2, -0.15) is 0 Å². The van der Waals surface area contributed by atoms with Crippen LogP contribution in [-0.2, 0) is 65.6 Å². The Morgan fingerprint density at radius 2 is 0.937 bits per heavy atom. The van der Waals surface area contributed by atoms with Crippen molar-refractivity contribution in [2.45, 2.75) is 76.9 Å². The molecular formula is C62H67IN18O14. The molecular weight excluding hydrogens is 1350 g/mol. The third-order valence-electron chi connectivity index (χ3n) is 16.9. The lowest BCUT2D eigenvalue weighted by Gasteiger charge is -2.26. The van der Waals surface area contributed by atoms with Crippen LogP contribution in [0.5, 0.6) is 28.7 Å². The van der Waals surface area contributed by atoms with Crippen LogP contribution in [0.2, 0.25) is 0 Å². The molecule has 496 valence electrons. The summed E-state index contributed by atoms with van der Waals surface area (Å²) in [6.45, 7) is 12.0. The second-order valence-corrected chi connectivity index (χ2v) is 24.2. The molecule has 2 saturated heterocycles. The lowest BCUT2D eigenvalue weighted by molar-refractivity contribution is -0.685. The van der Waals surface area contributed by atoms with E-state index >= 15 is 0 Å². The fraction of sp³-hybridized carbons (Fsp3) is 0.435. The van der Waals surface area contributed by atoms with E-state index in [4.69, 9.17) is 38.9 Å². The van der Waals surface area contributed by atoms with Crippen LogP contribution in [0, 0.1) is 35.1 Å². The standard InChI is InChI=1S/C16H20N4O4.C16H20N4O3.C12H11N3O3.C9H6IN3O2.C9H10N4O2/c21-19-13-11-15-12(3-7-24-15)10-14(13)20(22)17-16(19)2-1-4-18-5-8-23-9-6-18;21-20-14-10-12-3-7-23-15(12)11-13(14)17-16(18-20)2-1-4-19-5-8-22-9-6-19;16-4-1-2-12-13-9-7-11-8(3-5-18-11)6-10(9)15(17)14-12;2*10-9-11-6-4-8-5(1-2-15-8)3-7(6)13(14)12-9/h10-11H,1-9H2;10-11H,1-9H2;4,6-7H,1-3,5H2;3-4H,1-2H2;3-4,9,11H,1-2,10H2. The summed E-state index contributed by atoms with van der Waals surface area (Å²) in [7, 11) is 0. The zero-order valence-corrected chi connectivity index (χ0v) is 53.8. The maximum atomic E-state index is 12.6. The highest BCUT2D eigenvalue weighted by Crippen LogP contribution is 2.38. The van der Waals surface area contributed by atoms with Gasteiger partial charge in [0.05, 0.1) is 70.7 Å². The average molecular weight is 1420 g/mol. The molecule has 8 aliphatic rings. The Hall–Kier alpha value is -9.42. The number of hydrogen-bond donors (Lipinski definition) is 2. The van der Waals surface area contributed by atoms with Gasteiger partial charge in [-0.1, -0.05) is 0 Å². The number of aldehydes is 1. The Balaban J connectivity index is 0.000000109. The number of nitrogens with two attached hydrogens (primary N) is 1. The molecule has 3 N–H and O–H groups in total. The van der Waals surface area contributed by atoms with Gasteiger partial charge in [-0.3, -0.25) is 15.5 Å². The molecule has 95 heavy (non-hydrogen) atoms. The number of aryl methyl sites for hydroxylation is 3. The van der Waals surface area contributed by atoms with Crippen molar-refractivity contribution in [2.75, 3.05) is 104 Å². The number of carbonyl (C=O) groups is 1. The van der Waals surface area contributed by atoms with Crippen molar-refractivity contribution >= 4 is 84.4 Å². The molecule has 9 aromatic rings. The van der Waals surface area contributed by atoms with Crippen molar-refractivity contribution in [3.8, 4) is 28.7 Å². The van der Waals surface area contributed by atoms with Crippen LogP contribution < -0.4 is 58.8 Å². The molecule has 8 aliphatic heterocycles. The Morgan fingerprint density at radius 1 is 0.505 bits per heavy atom. The predicted molar refractivity (Wildman–Crippen MR) is 343 cm³/mol. The highest BCUT2D eigenvalue weighted by molar-refractivity contribution is 14.1. The smallest absolute Gasteiger partial charge is 0.377 e. The third-order valence-corrected chi connectivity index (χ3v) is 17.4. The second kappa shape index (κ2) is 29.1. The number of morpholine rings is 2. The molecule has 0 saturated carbocycles. The van der Waals surface area contributed by atoms with Crippen LogP contribution in [-0.4, -0.2) is 161 Å². The van der Waals surface area contributed by atoms with E-state index in [1.165, 1.54) is 0 Å². The topological polar surface area (TPSA) is 390 Å². The van der Waals surface area contributed by atoms with Crippen molar-refractivity contribution < 1.29 is 66.9 Å². The van der Waals surface area contributed by atoms with Gasteiger partial charge in [0.25, 0.3) is 26.1 Å². The number of anilines is 1. The van der Waals surface area contributed by atoms with Gasteiger partial charge >= 0.3 is 11.3 Å². The minimum Gasteiger partial charge on any atom is -0.710 e. The molecule has 1 unspecified atom stereocenters. The predicted octanol–water partition coefficient (Wildman–Crippen LogP) is 2.18. The lowest BCUT2D eigenvalue weighted by atomic mass is 10.1. The van der Waals surface area contributed by atoms with E-state index in [0.717, 1.165) is 172 Å². The Labute approximate surface area is 555 Å². The summed E-state index contributed by atoms with van der Waals surface area (Å²) in [4.78, 5) is 31.0. The van der Waals surface area contributed by atoms with E-state index < -0.39 is 6.29 Å². The van der Waals surface area contributed by atoms with Gasteiger partial charge in [0, 0.05) is 209 Å². The summed E-state index contributed by atoms with van der Waals surface area (Å²) < 4.78 is 39.2. The average Bonchev–Trinajstić information content (AvgIpc) is 1.85. The number of nitrogens with one attached hydrogen (secondary N) is 1. The van der Waals surface area contributed by atoms with Gasteiger partial charge in [0.1, 0.15) is 57.3 Å². The number of azo groups is 1. The van der Waals surface area contributed by atoms with Crippen molar-refractivity contribution in [2.24, 2.45) is 10.8 Å². The molecule has 0 amide bonds. The first kappa shape index (κ1) is 64.3. The van der Waals surface area contributed by atoms with Gasteiger partial charge in [0.2, 0.25) is 16.9 Å². The number of aromatic nitrogens is 12. The summed E-state index contributed by atoms with van der Waals surface area (Å²) in [6.07, 6.45) is 7.76. The number of hydrogen-bond acceptors (Lipinski definition) is 26. The summed E-state index contributed by atoms with van der Waals surface area (Å²) in [5, 5.41) is 93.9. The fourth-order valence-corrected chi connectivity index (χ4v) is 12.5. The van der Waals surface area contributed by atoms with Gasteiger partial charge in [0.15, 0.2) is 11.6 Å². The molecule has 4 aromatic heterocycles. The largest absolute Gasteiger partial charge is 0.710 e. The summed E-state index contributed by atoms with van der Waals surface area (Å²) in [5.74, 6) is 5.20. The highest BCUT2D eigenvalue weighted by Gasteiger charge is 2.29. The molecule has 0 spiro atoms. The van der Waals surface area contributed by atoms with Gasteiger partial charge in [-0.15, -0.1) is 0 Å². The van der Waals surface area contributed by atoms with E-state index in [-0.39, 0.29) is 5.82 Å². The van der Waals surface area contributed by atoms with Crippen LogP contribution in [0.15, 0.2) is 65.8 Å². The van der Waals surface area contributed by atoms with Crippen LogP contribution in [0.3, 0.4) is 0 Å². The number of nitrogens with zero attached hydrogens (tertiary/aromatic N) is 16. The molecule has 0 radical (unpaired) electrons. The van der Waals surface area contributed by atoms with Crippen molar-refractivity contribution in [1.82, 2.24) is 45.1 Å². The Morgan fingerprint density at radius 3 is 1.45 bits per heavy atom. The molecule has 32 nitrogen and oxygen atoms in total. The first-order valence-corrected chi connectivity index (χ1v) is 32.6. The number of ether oxygens (including phenoxy) is 7. The number of benzene rings is 5. The fourth-order valence-electron chi connectivity index (χ4n) is 12.1. The minimum atomic E-state index is -0.686. The quantitative estimate of drug-likeness (QED) is 0.0811. The molecule has 17 rings (SSSR count). The number of rotatable bonds is 11. The van der Waals surface area contributed by atoms with Crippen molar-refractivity contribution in [1.29, 1.82) is 0 Å². The first-order valence-electron chi connectivity index (χ1n) is 31.5. The molecule has 0 bridgehead atoms. The van der Waals surface area contributed by atoms with Crippen LogP contribution in [0.1, 0.15) is 64.6 Å². The van der Waals surface area contributed by atoms with Gasteiger partial charge < -0.3 is 74.5 Å².